The van der Waals surface area contributed by atoms with Gasteiger partial charge in [-0.1, -0.05) is 6.07 Å². The van der Waals surface area contributed by atoms with Gasteiger partial charge in [0, 0.05) is 0 Å². The van der Waals surface area contributed by atoms with Crippen molar-refractivity contribution in [3.8, 4) is 0 Å². The molecule has 0 bridgehead atoms. The average Bonchev–Trinajstić information content (AvgIpc) is 1.95. The van der Waals surface area contributed by atoms with Crippen molar-refractivity contribution in [1.82, 2.24) is 0 Å². The lowest BCUT2D eigenvalue weighted by molar-refractivity contribution is 0.565. The number of hydrogen-bond donors (Lipinski definition) is 0. The van der Waals surface area contributed by atoms with Crippen LogP contribution in [0, 0.1) is 13.0 Å². The van der Waals surface area contributed by atoms with Crippen molar-refractivity contribution < 1.29 is 4.79 Å². The Morgan fingerprint density at radius 1 is 1.60 bits per heavy atom. The van der Waals surface area contributed by atoms with Crippen LogP contribution in [0.1, 0.15) is 5.56 Å². The highest BCUT2D eigenvalue weighted by Gasteiger charge is 1.85. The first kappa shape index (κ1) is 6.72. The van der Waals surface area contributed by atoms with E-state index in [9.17, 15) is 4.79 Å². The number of nitrogens with zero attached hydrogens (tertiary/aromatic N) is 1. The third-order valence-electron chi connectivity index (χ3n) is 1.13. The maximum atomic E-state index is 9.75. The Hall–Kier alpha value is -1.40. The molecule has 0 unspecified atom stereocenters. The Bertz CT molecular complexity index is 257. The lowest BCUT2D eigenvalue weighted by atomic mass is 10.2. The van der Waals surface area contributed by atoms with Crippen LogP contribution in [-0.2, 0) is 4.79 Å². The summed E-state index contributed by atoms with van der Waals surface area (Å²) in [5.41, 5.74) is 1.63. The molecule has 0 atom stereocenters. The molecule has 2 nitrogen and oxygen atoms in total. The van der Waals surface area contributed by atoms with Gasteiger partial charge in [0.25, 0.3) is 0 Å². The molecule has 0 aliphatic heterocycles. The summed E-state index contributed by atoms with van der Waals surface area (Å²) in [6.07, 6.45) is 1.46. The molecule has 0 aliphatic rings. The first-order valence-electron chi connectivity index (χ1n) is 2.89. The topological polar surface area (TPSA) is 29.4 Å². The second kappa shape index (κ2) is 2.95. The van der Waals surface area contributed by atoms with E-state index in [0.29, 0.717) is 5.69 Å². The van der Waals surface area contributed by atoms with Crippen LogP contribution in [0.2, 0.25) is 0 Å². The second-order valence-corrected chi connectivity index (χ2v) is 1.93. The van der Waals surface area contributed by atoms with E-state index >= 15 is 0 Å². The Kier molecular flexibility index (Phi) is 1.98. The van der Waals surface area contributed by atoms with Gasteiger partial charge in [0.2, 0.25) is 6.08 Å². The minimum absolute atomic E-state index is 0.598. The van der Waals surface area contributed by atoms with Gasteiger partial charge >= 0.3 is 0 Å². The van der Waals surface area contributed by atoms with Gasteiger partial charge in [-0.05, 0) is 30.7 Å². The van der Waals surface area contributed by atoms with E-state index < -0.39 is 0 Å². The molecule has 0 N–H and O–H groups in total. The number of rotatable bonds is 1. The molecule has 1 radical (unpaired) electrons. The highest BCUT2D eigenvalue weighted by atomic mass is 16.1. The molecule has 0 saturated carbocycles. The third kappa shape index (κ3) is 1.54. The van der Waals surface area contributed by atoms with E-state index in [1.54, 1.807) is 12.1 Å². The van der Waals surface area contributed by atoms with Crippen molar-refractivity contribution in [3.05, 3.63) is 29.8 Å². The lowest BCUT2D eigenvalue weighted by Gasteiger charge is -1.89. The normalized spacial score (nSPS) is 8.50. The molecule has 0 aromatic heterocycles. The fraction of sp³-hybridized carbons (Fsp3) is 0.125. The van der Waals surface area contributed by atoms with Crippen LogP contribution in [0.5, 0.6) is 0 Å². The molecular weight excluding hydrogens is 126 g/mol. The van der Waals surface area contributed by atoms with E-state index in [1.165, 1.54) is 6.08 Å². The SMILES string of the molecule is Cc1[c]cc(N=C=O)cc1. The number of hydrogen-bond acceptors (Lipinski definition) is 2. The van der Waals surface area contributed by atoms with Crippen molar-refractivity contribution >= 4 is 11.8 Å². The number of aliphatic imine (C=N–C) groups is 1. The van der Waals surface area contributed by atoms with Gasteiger partial charge in [-0.2, -0.15) is 4.99 Å². The van der Waals surface area contributed by atoms with Crippen LogP contribution in [0.3, 0.4) is 0 Å². The fourth-order valence-electron chi connectivity index (χ4n) is 0.617. The van der Waals surface area contributed by atoms with Crippen molar-refractivity contribution in [2.24, 2.45) is 4.99 Å². The minimum atomic E-state index is 0.598. The molecule has 10 heavy (non-hydrogen) atoms. The molecule has 0 saturated heterocycles. The molecular formula is C8H6NO. The number of aryl methyl sites for hydroxylation is 1. The lowest BCUT2D eigenvalue weighted by Crippen LogP contribution is -1.68. The monoisotopic (exact) mass is 132 g/mol. The van der Waals surface area contributed by atoms with Gasteiger partial charge in [-0.15, -0.1) is 0 Å². The van der Waals surface area contributed by atoms with Crippen molar-refractivity contribution in [3.63, 3.8) is 0 Å². The first-order chi connectivity index (χ1) is 4.83. The maximum absolute atomic E-state index is 9.75. The van der Waals surface area contributed by atoms with Gasteiger partial charge < -0.3 is 0 Å². The van der Waals surface area contributed by atoms with Crippen LogP contribution in [0.15, 0.2) is 23.2 Å². The Labute approximate surface area is 59.2 Å². The first-order valence-corrected chi connectivity index (χ1v) is 2.89. The van der Waals surface area contributed by atoms with Crippen LogP contribution < -0.4 is 0 Å². The number of isocyanates is 1. The molecule has 2 heteroatoms. The van der Waals surface area contributed by atoms with Gasteiger partial charge in [0.05, 0.1) is 5.69 Å². The summed E-state index contributed by atoms with van der Waals surface area (Å²) in [6.45, 7) is 1.93. The van der Waals surface area contributed by atoms with Crippen LogP contribution in [-0.4, -0.2) is 6.08 Å². The molecule has 0 spiro atoms. The predicted molar refractivity (Wildman–Crippen MR) is 37.8 cm³/mol. The molecule has 49 valence electrons. The Balaban J connectivity index is 3.00. The molecule has 0 amide bonds. The summed E-state index contributed by atoms with van der Waals surface area (Å²) in [6, 6.07) is 8.16. The third-order valence-corrected chi connectivity index (χ3v) is 1.13. The van der Waals surface area contributed by atoms with Gasteiger partial charge in [-0.25, -0.2) is 4.79 Å². The summed E-state index contributed by atoms with van der Waals surface area (Å²) >= 11 is 0. The zero-order chi connectivity index (χ0) is 7.40. The summed E-state index contributed by atoms with van der Waals surface area (Å²) in [5, 5.41) is 0. The Morgan fingerprint density at radius 2 is 2.40 bits per heavy atom. The van der Waals surface area contributed by atoms with Crippen LogP contribution >= 0.6 is 0 Å². The minimum Gasteiger partial charge on any atom is -0.211 e. The maximum Gasteiger partial charge on any atom is 0.240 e. The quantitative estimate of drug-likeness (QED) is 0.423. The van der Waals surface area contributed by atoms with Crippen LogP contribution in [0.4, 0.5) is 5.69 Å². The van der Waals surface area contributed by atoms with Gasteiger partial charge in [0.1, 0.15) is 0 Å². The molecule has 0 fully saturated rings. The summed E-state index contributed by atoms with van der Waals surface area (Å²) < 4.78 is 0. The smallest absolute Gasteiger partial charge is 0.211 e. The van der Waals surface area contributed by atoms with E-state index in [4.69, 9.17) is 0 Å². The van der Waals surface area contributed by atoms with Crippen LogP contribution in [0.25, 0.3) is 0 Å². The molecule has 1 rings (SSSR count). The molecule has 1 aromatic rings. The fourth-order valence-corrected chi connectivity index (χ4v) is 0.617. The largest absolute Gasteiger partial charge is 0.240 e. The van der Waals surface area contributed by atoms with Gasteiger partial charge in [-0.3, -0.25) is 0 Å². The molecule has 0 aliphatic carbocycles. The molecule has 0 heterocycles. The van der Waals surface area contributed by atoms with E-state index in [2.05, 4.69) is 11.1 Å². The highest BCUT2D eigenvalue weighted by Crippen LogP contribution is 2.09. The second-order valence-electron chi connectivity index (χ2n) is 1.93. The Morgan fingerprint density at radius 3 is 2.90 bits per heavy atom. The molecule has 1 aromatic carbocycles. The predicted octanol–water partition coefficient (Wildman–Crippen LogP) is 1.76. The number of benzene rings is 1. The average molecular weight is 132 g/mol. The van der Waals surface area contributed by atoms with Gasteiger partial charge in [0.15, 0.2) is 0 Å². The highest BCUT2D eigenvalue weighted by molar-refractivity contribution is 5.48. The number of carbonyl (C=O) groups excluding carboxylic acids is 1. The van der Waals surface area contributed by atoms with E-state index in [1.807, 2.05) is 13.0 Å². The summed E-state index contributed by atoms with van der Waals surface area (Å²) in [4.78, 5) is 13.2. The summed E-state index contributed by atoms with van der Waals surface area (Å²) in [5.74, 6) is 0. The zero-order valence-corrected chi connectivity index (χ0v) is 5.59. The summed E-state index contributed by atoms with van der Waals surface area (Å²) in [7, 11) is 0. The van der Waals surface area contributed by atoms with Crippen molar-refractivity contribution in [2.75, 3.05) is 0 Å². The van der Waals surface area contributed by atoms with Crippen molar-refractivity contribution in [2.45, 2.75) is 6.92 Å². The standard InChI is InChI=1S/C8H6NO/c1-7-2-4-8(5-3-7)9-6-10/h2,4-5H,1H3. The van der Waals surface area contributed by atoms with Crippen molar-refractivity contribution in [1.29, 1.82) is 0 Å². The van der Waals surface area contributed by atoms with E-state index in [0.717, 1.165) is 5.56 Å². The zero-order valence-electron chi connectivity index (χ0n) is 5.59. The van der Waals surface area contributed by atoms with E-state index in [-0.39, 0.29) is 0 Å².